The van der Waals surface area contributed by atoms with Gasteiger partial charge >= 0.3 is 0 Å². The molecule has 21 heavy (non-hydrogen) atoms. The lowest BCUT2D eigenvalue weighted by Gasteiger charge is -2.26. The smallest absolute Gasteiger partial charge is 0.244 e. The summed E-state index contributed by atoms with van der Waals surface area (Å²) < 4.78 is 0.950. The Morgan fingerprint density at radius 3 is 2.57 bits per heavy atom. The van der Waals surface area contributed by atoms with Crippen molar-refractivity contribution in [2.24, 2.45) is 5.73 Å². The summed E-state index contributed by atoms with van der Waals surface area (Å²) in [6.45, 7) is 3.62. The zero-order valence-corrected chi connectivity index (χ0v) is 13.6. The van der Waals surface area contributed by atoms with Crippen LogP contribution in [0.4, 0.5) is 0 Å². The number of amides is 1. The molecule has 0 bridgehead atoms. The molecule has 1 heterocycles. The minimum absolute atomic E-state index is 0.149. The molecule has 110 valence electrons. The number of carbonyl (C=O) groups is 1. The van der Waals surface area contributed by atoms with Crippen LogP contribution in [0.15, 0.2) is 53.3 Å². The Morgan fingerprint density at radius 1 is 1.33 bits per heavy atom. The number of rotatable bonds is 4. The molecule has 0 saturated carbocycles. The van der Waals surface area contributed by atoms with E-state index in [0.717, 1.165) is 15.6 Å². The molecular weight excluding hydrogens is 330 g/mol. The Balaban J connectivity index is 2.13. The van der Waals surface area contributed by atoms with Gasteiger partial charge in [0.1, 0.15) is 5.54 Å². The van der Waals surface area contributed by atoms with Crippen molar-refractivity contribution in [2.45, 2.75) is 25.4 Å². The summed E-state index contributed by atoms with van der Waals surface area (Å²) in [4.78, 5) is 16.5. The van der Waals surface area contributed by atoms with E-state index < -0.39 is 5.54 Å². The summed E-state index contributed by atoms with van der Waals surface area (Å²) in [5, 5.41) is 2.93. The first-order chi connectivity index (χ1) is 9.91. The second kappa shape index (κ2) is 6.37. The third-order valence-electron chi connectivity index (χ3n) is 3.45. The molecule has 0 fully saturated rings. The third kappa shape index (κ3) is 3.68. The van der Waals surface area contributed by atoms with Gasteiger partial charge < -0.3 is 11.1 Å². The normalized spacial score (nSPS) is 15.0. The number of aromatic nitrogens is 1. The van der Waals surface area contributed by atoms with Gasteiger partial charge in [-0.1, -0.05) is 34.1 Å². The van der Waals surface area contributed by atoms with E-state index in [0.29, 0.717) is 0 Å². The number of nitrogens with zero attached hydrogens (tertiary/aromatic N) is 1. The van der Waals surface area contributed by atoms with Gasteiger partial charge in [-0.15, -0.1) is 0 Å². The molecule has 0 saturated heterocycles. The summed E-state index contributed by atoms with van der Waals surface area (Å²) in [5.41, 5.74) is 6.84. The Morgan fingerprint density at radius 2 is 2.00 bits per heavy atom. The topological polar surface area (TPSA) is 68.0 Å². The van der Waals surface area contributed by atoms with Crippen molar-refractivity contribution in [2.75, 3.05) is 0 Å². The molecule has 0 aliphatic carbocycles. The second-order valence-electron chi connectivity index (χ2n) is 5.19. The molecule has 2 unspecified atom stereocenters. The number of hydrogen-bond acceptors (Lipinski definition) is 3. The van der Waals surface area contributed by atoms with Crippen LogP contribution in [0.1, 0.15) is 31.0 Å². The molecule has 1 amide bonds. The number of halogens is 1. The summed E-state index contributed by atoms with van der Waals surface area (Å²) in [6, 6.07) is 11.1. The Kier molecular flexibility index (Phi) is 4.75. The van der Waals surface area contributed by atoms with Crippen molar-refractivity contribution < 1.29 is 4.79 Å². The molecule has 0 radical (unpaired) electrons. The SMILES string of the molecule is CC(NC(=O)C(C)(N)c1ccc(Br)cc1)c1cccnc1. The van der Waals surface area contributed by atoms with Crippen molar-refractivity contribution in [1.29, 1.82) is 0 Å². The number of hydrogen-bond donors (Lipinski definition) is 2. The monoisotopic (exact) mass is 347 g/mol. The number of pyridine rings is 1. The highest BCUT2D eigenvalue weighted by Crippen LogP contribution is 2.22. The van der Waals surface area contributed by atoms with Crippen molar-refractivity contribution in [3.05, 3.63) is 64.4 Å². The largest absolute Gasteiger partial charge is 0.348 e. The van der Waals surface area contributed by atoms with Crippen LogP contribution in [0, 0.1) is 0 Å². The first kappa shape index (κ1) is 15.7. The summed E-state index contributed by atoms with van der Waals surface area (Å²) in [6.07, 6.45) is 3.44. The van der Waals surface area contributed by atoms with E-state index in [1.165, 1.54) is 0 Å². The van der Waals surface area contributed by atoms with E-state index in [1.54, 1.807) is 19.3 Å². The van der Waals surface area contributed by atoms with Crippen LogP contribution in [0.5, 0.6) is 0 Å². The van der Waals surface area contributed by atoms with Gasteiger partial charge in [-0.3, -0.25) is 9.78 Å². The van der Waals surface area contributed by atoms with E-state index in [4.69, 9.17) is 5.73 Å². The van der Waals surface area contributed by atoms with Crippen molar-refractivity contribution in [1.82, 2.24) is 10.3 Å². The number of carbonyl (C=O) groups excluding carboxylic acids is 1. The van der Waals surface area contributed by atoms with Crippen molar-refractivity contribution in [3.63, 3.8) is 0 Å². The molecule has 2 rings (SSSR count). The molecule has 5 heteroatoms. The van der Waals surface area contributed by atoms with Crippen LogP contribution < -0.4 is 11.1 Å². The Hall–Kier alpha value is -1.72. The fourth-order valence-electron chi connectivity index (χ4n) is 1.99. The minimum atomic E-state index is -1.09. The molecule has 0 spiro atoms. The fourth-order valence-corrected chi connectivity index (χ4v) is 2.25. The lowest BCUT2D eigenvalue weighted by Crippen LogP contribution is -2.49. The van der Waals surface area contributed by atoms with Crippen LogP contribution >= 0.6 is 15.9 Å². The maximum absolute atomic E-state index is 12.5. The molecule has 2 aromatic rings. The van der Waals surface area contributed by atoms with E-state index in [-0.39, 0.29) is 11.9 Å². The summed E-state index contributed by atoms with van der Waals surface area (Å²) in [7, 11) is 0. The van der Waals surface area contributed by atoms with Gasteiger partial charge in [0.25, 0.3) is 0 Å². The molecule has 0 aliphatic heterocycles. The minimum Gasteiger partial charge on any atom is -0.348 e. The predicted octanol–water partition coefficient (Wildman–Crippen LogP) is 2.90. The van der Waals surface area contributed by atoms with E-state index in [9.17, 15) is 4.79 Å². The van der Waals surface area contributed by atoms with Gasteiger partial charge in [-0.25, -0.2) is 0 Å². The van der Waals surface area contributed by atoms with Crippen LogP contribution in [0.3, 0.4) is 0 Å². The number of nitrogens with one attached hydrogen (secondary N) is 1. The van der Waals surface area contributed by atoms with Crippen LogP contribution in [-0.2, 0) is 10.3 Å². The molecular formula is C16H18BrN3O. The Labute approximate surface area is 132 Å². The van der Waals surface area contributed by atoms with Crippen molar-refractivity contribution >= 4 is 21.8 Å². The van der Waals surface area contributed by atoms with Gasteiger partial charge in [-0.2, -0.15) is 0 Å². The highest BCUT2D eigenvalue weighted by Gasteiger charge is 2.31. The van der Waals surface area contributed by atoms with E-state index >= 15 is 0 Å². The average Bonchev–Trinajstić information content (AvgIpc) is 2.48. The van der Waals surface area contributed by atoms with Crippen LogP contribution in [0.2, 0.25) is 0 Å². The van der Waals surface area contributed by atoms with Crippen LogP contribution in [0.25, 0.3) is 0 Å². The van der Waals surface area contributed by atoms with E-state index in [1.807, 2.05) is 43.3 Å². The molecule has 1 aromatic carbocycles. The molecule has 0 aliphatic rings. The zero-order chi connectivity index (χ0) is 15.5. The first-order valence-electron chi connectivity index (χ1n) is 6.67. The lowest BCUT2D eigenvalue weighted by atomic mass is 9.92. The maximum atomic E-state index is 12.5. The lowest BCUT2D eigenvalue weighted by molar-refractivity contribution is -0.126. The first-order valence-corrected chi connectivity index (χ1v) is 7.46. The zero-order valence-electron chi connectivity index (χ0n) is 12.0. The standard InChI is InChI=1S/C16H18BrN3O/c1-11(12-4-3-9-19-10-12)20-15(21)16(2,18)13-5-7-14(17)8-6-13/h3-11H,18H2,1-2H3,(H,20,21). The van der Waals surface area contributed by atoms with Gasteiger partial charge in [-0.05, 0) is 43.2 Å². The molecule has 1 aromatic heterocycles. The van der Waals surface area contributed by atoms with Gasteiger partial charge in [0, 0.05) is 16.9 Å². The second-order valence-corrected chi connectivity index (χ2v) is 6.11. The van der Waals surface area contributed by atoms with Gasteiger partial charge in [0.05, 0.1) is 6.04 Å². The highest BCUT2D eigenvalue weighted by atomic mass is 79.9. The maximum Gasteiger partial charge on any atom is 0.244 e. The molecule has 3 N–H and O–H groups in total. The molecule has 4 nitrogen and oxygen atoms in total. The number of nitrogens with two attached hydrogens (primary N) is 1. The van der Waals surface area contributed by atoms with Crippen LogP contribution in [-0.4, -0.2) is 10.9 Å². The average molecular weight is 348 g/mol. The highest BCUT2D eigenvalue weighted by molar-refractivity contribution is 9.10. The Bertz CT molecular complexity index is 611. The van der Waals surface area contributed by atoms with E-state index in [2.05, 4.69) is 26.2 Å². The quantitative estimate of drug-likeness (QED) is 0.893. The van der Waals surface area contributed by atoms with Gasteiger partial charge in [0.2, 0.25) is 5.91 Å². The van der Waals surface area contributed by atoms with Crippen molar-refractivity contribution in [3.8, 4) is 0 Å². The number of benzene rings is 1. The third-order valence-corrected chi connectivity index (χ3v) is 3.98. The summed E-state index contributed by atoms with van der Waals surface area (Å²) in [5.74, 6) is -0.221. The van der Waals surface area contributed by atoms with Gasteiger partial charge in [0.15, 0.2) is 0 Å². The molecule has 2 atom stereocenters. The summed E-state index contributed by atoms with van der Waals surface area (Å²) >= 11 is 3.37. The predicted molar refractivity (Wildman–Crippen MR) is 86.5 cm³/mol. The fraction of sp³-hybridized carbons (Fsp3) is 0.250.